The summed E-state index contributed by atoms with van der Waals surface area (Å²) in [5, 5.41) is 11.7. The van der Waals surface area contributed by atoms with Gasteiger partial charge in [-0.05, 0) is 31.4 Å². The SMILES string of the molecule is O=C(O)[C@H]1CC[C@@H](C(=O)Nc2ccccc2)C1. The second-order valence-corrected chi connectivity index (χ2v) is 4.40. The van der Waals surface area contributed by atoms with E-state index in [0.717, 1.165) is 5.69 Å². The van der Waals surface area contributed by atoms with Crippen LogP contribution in [0.25, 0.3) is 0 Å². The Hall–Kier alpha value is -1.84. The van der Waals surface area contributed by atoms with Gasteiger partial charge in [-0.25, -0.2) is 0 Å². The third-order valence-corrected chi connectivity index (χ3v) is 3.19. The van der Waals surface area contributed by atoms with E-state index in [1.54, 1.807) is 0 Å². The van der Waals surface area contributed by atoms with E-state index in [0.29, 0.717) is 19.3 Å². The van der Waals surface area contributed by atoms with E-state index in [4.69, 9.17) is 5.11 Å². The van der Waals surface area contributed by atoms with Crippen molar-refractivity contribution in [1.82, 2.24) is 0 Å². The van der Waals surface area contributed by atoms with Crippen LogP contribution in [0.4, 0.5) is 5.69 Å². The summed E-state index contributed by atoms with van der Waals surface area (Å²) >= 11 is 0. The summed E-state index contributed by atoms with van der Waals surface area (Å²) < 4.78 is 0. The van der Waals surface area contributed by atoms with Crippen molar-refractivity contribution in [3.8, 4) is 0 Å². The Kier molecular flexibility index (Phi) is 3.42. The zero-order valence-corrected chi connectivity index (χ0v) is 9.43. The number of carbonyl (C=O) groups excluding carboxylic acids is 1. The first-order valence-corrected chi connectivity index (χ1v) is 5.75. The van der Waals surface area contributed by atoms with Crippen LogP contribution < -0.4 is 5.32 Å². The molecule has 0 radical (unpaired) electrons. The summed E-state index contributed by atoms with van der Waals surface area (Å²) in [7, 11) is 0. The minimum absolute atomic E-state index is 0.0695. The van der Waals surface area contributed by atoms with Gasteiger partial charge in [0.2, 0.25) is 5.91 Å². The molecule has 1 fully saturated rings. The zero-order valence-electron chi connectivity index (χ0n) is 9.43. The highest BCUT2D eigenvalue weighted by atomic mass is 16.4. The third-order valence-electron chi connectivity index (χ3n) is 3.19. The standard InChI is InChI=1S/C13H15NO3/c15-12(14-11-4-2-1-3-5-11)9-6-7-10(8-9)13(16)17/h1-5,9-10H,6-8H2,(H,14,15)(H,16,17)/t9-,10+/m1/s1. The predicted octanol–water partition coefficient (Wildman–Crippen LogP) is 2.13. The number of hydrogen-bond donors (Lipinski definition) is 2. The molecule has 4 heteroatoms. The average Bonchev–Trinajstić information content (AvgIpc) is 2.79. The molecule has 1 saturated carbocycles. The van der Waals surface area contributed by atoms with Crippen LogP contribution in [-0.4, -0.2) is 17.0 Å². The summed E-state index contributed by atoms with van der Waals surface area (Å²) in [6.07, 6.45) is 1.71. The second-order valence-electron chi connectivity index (χ2n) is 4.40. The fraction of sp³-hybridized carbons (Fsp3) is 0.385. The van der Waals surface area contributed by atoms with E-state index in [9.17, 15) is 9.59 Å². The van der Waals surface area contributed by atoms with Gasteiger partial charge >= 0.3 is 5.97 Å². The molecule has 0 unspecified atom stereocenters. The van der Waals surface area contributed by atoms with Crippen LogP contribution in [0, 0.1) is 11.8 Å². The van der Waals surface area contributed by atoms with Crippen molar-refractivity contribution in [3.05, 3.63) is 30.3 Å². The summed E-state index contributed by atoms with van der Waals surface area (Å²) in [5.41, 5.74) is 0.760. The topological polar surface area (TPSA) is 66.4 Å². The lowest BCUT2D eigenvalue weighted by Crippen LogP contribution is -2.21. The zero-order chi connectivity index (χ0) is 12.3. The molecule has 2 N–H and O–H groups in total. The quantitative estimate of drug-likeness (QED) is 0.840. The molecule has 17 heavy (non-hydrogen) atoms. The van der Waals surface area contributed by atoms with Gasteiger partial charge in [0.25, 0.3) is 0 Å². The van der Waals surface area contributed by atoms with Crippen LogP contribution in [-0.2, 0) is 9.59 Å². The molecule has 2 rings (SSSR count). The third kappa shape index (κ3) is 2.84. The van der Waals surface area contributed by atoms with Crippen molar-refractivity contribution in [2.45, 2.75) is 19.3 Å². The lowest BCUT2D eigenvalue weighted by molar-refractivity contribution is -0.141. The number of amides is 1. The number of rotatable bonds is 3. The van der Waals surface area contributed by atoms with Crippen LogP contribution in [0.3, 0.4) is 0 Å². The van der Waals surface area contributed by atoms with E-state index < -0.39 is 5.97 Å². The molecule has 0 heterocycles. The number of carboxylic acids is 1. The molecule has 0 bridgehead atoms. The summed E-state index contributed by atoms with van der Waals surface area (Å²) in [6, 6.07) is 9.23. The Morgan fingerprint density at radius 1 is 1.12 bits per heavy atom. The Labute approximate surface area is 99.6 Å². The van der Waals surface area contributed by atoms with Crippen LogP contribution >= 0.6 is 0 Å². The van der Waals surface area contributed by atoms with Crippen LogP contribution in [0.15, 0.2) is 30.3 Å². The van der Waals surface area contributed by atoms with Crippen LogP contribution in [0.1, 0.15) is 19.3 Å². The van der Waals surface area contributed by atoms with Gasteiger partial charge in [-0.15, -0.1) is 0 Å². The molecule has 0 aromatic heterocycles. The Balaban J connectivity index is 1.92. The number of para-hydroxylation sites is 1. The first-order chi connectivity index (χ1) is 8.16. The number of nitrogens with one attached hydrogen (secondary N) is 1. The van der Waals surface area contributed by atoms with Gasteiger partial charge in [0.05, 0.1) is 5.92 Å². The van der Waals surface area contributed by atoms with Gasteiger partial charge in [-0.1, -0.05) is 18.2 Å². The highest BCUT2D eigenvalue weighted by molar-refractivity contribution is 5.93. The highest BCUT2D eigenvalue weighted by Crippen LogP contribution is 2.31. The molecular weight excluding hydrogens is 218 g/mol. The predicted molar refractivity (Wildman–Crippen MR) is 63.5 cm³/mol. The molecular formula is C13H15NO3. The Morgan fingerprint density at radius 2 is 1.76 bits per heavy atom. The van der Waals surface area contributed by atoms with E-state index in [1.807, 2.05) is 30.3 Å². The van der Waals surface area contributed by atoms with Crippen molar-refractivity contribution in [1.29, 1.82) is 0 Å². The van der Waals surface area contributed by atoms with Gasteiger partial charge in [-0.3, -0.25) is 9.59 Å². The average molecular weight is 233 g/mol. The minimum atomic E-state index is -0.792. The number of carboxylic acid groups (broad SMARTS) is 1. The number of hydrogen-bond acceptors (Lipinski definition) is 2. The molecule has 1 aliphatic rings. The van der Waals surface area contributed by atoms with Crippen molar-refractivity contribution in [3.63, 3.8) is 0 Å². The molecule has 0 spiro atoms. The summed E-state index contributed by atoms with van der Waals surface area (Å²) in [5.74, 6) is -1.39. The molecule has 90 valence electrons. The lowest BCUT2D eigenvalue weighted by atomic mass is 10.0. The van der Waals surface area contributed by atoms with Crippen molar-refractivity contribution in [2.75, 3.05) is 5.32 Å². The molecule has 0 saturated heterocycles. The van der Waals surface area contributed by atoms with Crippen molar-refractivity contribution < 1.29 is 14.7 Å². The molecule has 1 aromatic rings. The Bertz CT molecular complexity index is 416. The summed E-state index contributed by atoms with van der Waals surface area (Å²) in [4.78, 5) is 22.7. The number of benzene rings is 1. The number of carbonyl (C=O) groups is 2. The first kappa shape index (κ1) is 11.6. The van der Waals surface area contributed by atoms with E-state index in [2.05, 4.69) is 5.32 Å². The van der Waals surface area contributed by atoms with Crippen molar-refractivity contribution >= 4 is 17.6 Å². The fourth-order valence-corrected chi connectivity index (χ4v) is 2.21. The second kappa shape index (κ2) is 4.99. The lowest BCUT2D eigenvalue weighted by Gasteiger charge is -2.10. The first-order valence-electron chi connectivity index (χ1n) is 5.75. The maximum absolute atomic E-state index is 11.9. The molecule has 4 nitrogen and oxygen atoms in total. The van der Waals surface area contributed by atoms with Gasteiger partial charge in [0, 0.05) is 11.6 Å². The van der Waals surface area contributed by atoms with Gasteiger partial charge in [-0.2, -0.15) is 0 Å². The van der Waals surface area contributed by atoms with E-state index in [1.165, 1.54) is 0 Å². The van der Waals surface area contributed by atoms with Gasteiger partial charge in [0.1, 0.15) is 0 Å². The number of anilines is 1. The molecule has 0 aliphatic heterocycles. The van der Waals surface area contributed by atoms with E-state index >= 15 is 0 Å². The Morgan fingerprint density at radius 3 is 2.35 bits per heavy atom. The largest absolute Gasteiger partial charge is 0.481 e. The molecule has 2 atom stereocenters. The normalized spacial score (nSPS) is 23.3. The maximum Gasteiger partial charge on any atom is 0.306 e. The minimum Gasteiger partial charge on any atom is -0.481 e. The smallest absolute Gasteiger partial charge is 0.306 e. The fourth-order valence-electron chi connectivity index (χ4n) is 2.21. The van der Waals surface area contributed by atoms with Gasteiger partial charge in [0.15, 0.2) is 0 Å². The van der Waals surface area contributed by atoms with Crippen LogP contribution in [0.2, 0.25) is 0 Å². The molecule has 1 amide bonds. The molecule has 1 aromatic carbocycles. The highest BCUT2D eigenvalue weighted by Gasteiger charge is 2.33. The van der Waals surface area contributed by atoms with Crippen LogP contribution in [0.5, 0.6) is 0 Å². The van der Waals surface area contributed by atoms with Crippen molar-refractivity contribution in [2.24, 2.45) is 11.8 Å². The maximum atomic E-state index is 11.9. The van der Waals surface area contributed by atoms with Gasteiger partial charge < -0.3 is 10.4 Å². The number of aliphatic carboxylic acids is 1. The monoisotopic (exact) mass is 233 g/mol. The summed E-state index contributed by atoms with van der Waals surface area (Å²) in [6.45, 7) is 0. The molecule has 1 aliphatic carbocycles. The van der Waals surface area contributed by atoms with E-state index in [-0.39, 0.29) is 17.7 Å².